The van der Waals surface area contributed by atoms with Crippen molar-refractivity contribution in [1.29, 1.82) is 0 Å². The van der Waals surface area contributed by atoms with Crippen LogP contribution in [0.25, 0.3) is 33.3 Å². The lowest BCUT2D eigenvalue weighted by Crippen LogP contribution is -2.51. The summed E-state index contributed by atoms with van der Waals surface area (Å²) in [6, 6.07) is 15.3. The molecule has 4 fully saturated rings. The number of aromatic nitrogens is 2. The molecule has 10 rings (SSSR count). The van der Waals surface area contributed by atoms with Gasteiger partial charge in [0.05, 0.1) is 60.5 Å². The van der Waals surface area contributed by atoms with Gasteiger partial charge in [0.15, 0.2) is 0 Å². The van der Waals surface area contributed by atoms with Crippen LogP contribution in [0.5, 0.6) is 5.75 Å². The standard InChI is InChI=1S/C64H90N8O8/c1-12-72-55-18-15-45-32-50(55)52(59(72)51-33-48(35-65-57(51)42(6)77-11)70-26-24-69(25-27-70)47-16-17-47)34-64(7,8)38-80-63(76)40(4)14-13-21-67(9)61(74)54-30-43-28-46(45)31-49(29-43)78-37-56(79-36-53(39(2)3)60(73)66-54)44-19-22-71(23-20-44)62(75)58-41(5)68(58)10/h15,18,28-29,31-33,35,39-42,44,47,53-54,56,58H,12-14,16-17,19-27,30,34,36-38H2,1-11H3,(H,66,73)/t40-,41-,42-,53-,54-,56+,58-,68?/m0/s1. The third-order valence-corrected chi connectivity index (χ3v) is 18.8. The number of anilines is 1. The summed E-state index contributed by atoms with van der Waals surface area (Å²) in [5.41, 5.74) is 8.56. The third kappa shape index (κ3) is 12.4. The minimum Gasteiger partial charge on any atom is -0.491 e. The number of ether oxygens (including phenoxy) is 4. The Balaban J connectivity index is 1.08. The number of likely N-dealkylation sites (N-methyl/N-ethyl adjacent to an activating group) is 2. The molecule has 5 aliphatic heterocycles. The van der Waals surface area contributed by atoms with Gasteiger partial charge in [-0.15, -0.1) is 0 Å². The second kappa shape index (κ2) is 24.1. The van der Waals surface area contributed by atoms with E-state index in [0.717, 1.165) is 101 Å². The van der Waals surface area contributed by atoms with E-state index < -0.39 is 17.4 Å². The number of fused-ring (bicyclic) bond motifs is 5. The molecule has 80 heavy (non-hydrogen) atoms. The van der Waals surface area contributed by atoms with Crippen molar-refractivity contribution in [1.82, 2.24) is 34.5 Å². The largest absolute Gasteiger partial charge is 0.491 e. The number of likely N-dealkylation sites (tertiary alicyclic amines) is 1. The maximum absolute atomic E-state index is 14.8. The normalized spacial score (nSPS) is 27.3. The Labute approximate surface area is 475 Å². The van der Waals surface area contributed by atoms with Gasteiger partial charge in [-0.2, -0.15) is 0 Å². The summed E-state index contributed by atoms with van der Waals surface area (Å²) in [6.07, 6.45) is 7.46. The molecule has 7 heterocycles. The van der Waals surface area contributed by atoms with Crippen molar-refractivity contribution in [2.45, 2.75) is 150 Å². The number of carbonyl (C=O) groups excluding carboxylic acids is 4. The maximum atomic E-state index is 14.8. The molecule has 434 valence electrons. The van der Waals surface area contributed by atoms with E-state index in [0.29, 0.717) is 51.2 Å². The van der Waals surface area contributed by atoms with Crippen LogP contribution in [0.2, 0.25) is 0 Å². The van der Waals surface area contributed by atoms with Gasteiger partial charge in [-0.3, -0.25) is 34.0 Å². The molecule has 1 aliphatic carbocycles. The topological polar surface area (TPSA) is 151 Å². The summed E-state index contributed by atoms with van der Waals surface area (Å²) >= 11 is 0. The minimum atomic E-state index is -0.885. The average molecular weight is 1100 g/mol. The van der Waals surface area contributed by atoms with E-state index in [1.807, 2.05) is 45.0 Å². The molecule has 4 aromatic rings. The second-order valence-corrected chi connectivity index (χ2v) is 25.5. The van der Waals surface area contributed by atoms with Crippen LogP contribution in [0.15, 0.2) is 48.7 Å². The number of amides is 3. The van der Waals surface area contributed by atoms with Gasteiger partial charge in [0.2, 0.25) is 17.7 Å². The number of esters is 1. The van der Waals surface area contributed by atoms with Crippen molar-refractivity contribution in [3.05, 3.63) is 65.5 Å². The van der Waals surface area contributed by atoms with E-state index in [1.165, 1.54) is 12.8 Å². The summed E-state index contributed by atoms with van der Waals surface area (Å²) in [5.74, 6) is -0.738. The van der Waals surface area contributed by atoms with Gasteiger partial charge in [0.25, 0.3) is 0 Å². The molecule has 3 saturated heterocycles. The van der Waals surface area contributed by atoms with Crippen molar-refractivity contribution >= 4 is 40.3 Å². The number of hydrogen-bond donors (Lipinski definition) is 1. The maximum Gasteiger partial charge on any atom is 0.308 e. The van der Waals surface area contributed by atoms with Crippen LogP contribution in [0, 0.1) is 29.1 Å². The zero-order valence-corrected chi connectivity index (χ0v) is 49.7. The molecular weight excluding hydrogens is 1010 g/mol. The minimum absolute atomic E-state index is 0.0550. The number of rotatable bonds is 9. The van der Waals surface area contributed by atoms with Crippen LogP contribution >= 0.6 is 0 Å². The highest BCUT2D eigenvalue weighted by molar-refractivity contribution is 5.96. The fraction of sp³-hybridized carbons (Fsp3) is 0.641. The number of cyclic esters (lactones) is 1. The van der Waals surface area contributed by atoms with Crippen LogP contribution in [-0.2, 0) is 52.8 Å². The van der Waals surface area contributed by atoms with E-state index >= 15 is 0 Å². The Morgan fingerprint density at radius 1 is 0.875 bits per heavy atom. The van der Waals surface area contributed by atoms with Crippen LogP contribution in [0.3, 0.4) is 0 Å². The highest BCUT2D eigenvalue weighted by atomic mass is 16.5. The van der Waals surface area contributed by atoms with Crippen molar-refractivity contribution in [3.63, 3.8) is 0 Å². The number of pyridine rings is 1. The Bertz CT molecular complexity index is 2890. The molecule has 16 nitrogen and oxygen atoms in total. The average Bonchev–Trinajstić information content (AvgIpc) is 4.41. The van der Waals surface area contributed by atoms with Gasteiger partial charge in [-0.05, 0) is 137 Å². The van der Waals surface area contributed by atoms with E-state index in [9.17, 15) is 19.2 Å². The van der Waals surface area contributed by atoms with E-state index in [1.54, 1.807) is 19.1 Å². The lowest BCUT2D eigenvalue weighted by molar-refractivity contribution is -0.151. The first kappa shape index (κ1) is 57.7. The molecule has 0 radical (unpaired) electrons. The van der Waals surface area contributed by atoms with Crippen LogP contribution in [-0.4, -0.2) is 170 Å². The number of methoxy groups -OCH3 is 1. The fourth-order valence-corrected chi connectivity index (χ4v) is 13.1. The lowest BCUT2D eigenvalue weighted by Gasteiger charge is -2.36. The molecule has 2 aromatic heterocycles. The highest BCUT2D eigenvalue weighted by Gasteiger charge is 2.48. The number of hydrogen-bond acceptors (Lipinski definition) is 12. The molecule has 1 saturated carbocycles. The smallest absolute Gasteiger partial charge is 0.308 e. The number of piperidine rings is 1. The first-order chi connectivity index (χ1) is 38.3. The van der Waals surface area contributed by atoms with Gasteiger partial charge < -0.3 is 43.5 Å². The number of benzene rings is 2. The molecule has 1 N–H and O–H groups in total. The first-order valence-corrected chi connectivity index (χ1v) is 30.1. The van der Waals surface area contributed by atoms with Crippen molar-refractivity contribution in [3.8, 4) is 28.1 Å². The predicted octanol–water partition coefficient (Wildman–Crippen LogP) is 8.40. The van der Waals surface area contributed by atoms with Crippen LogP contribution in [0.4, 0.5) is 5.69 Å². The number of aryl methyl sites for hydroxylation is 1. The second-order valence-electron chi connectivity index (χ2n) is 25.5. The van der Waals surface area contributed by atoms with Crippen molar-refractivity contribution < 1.29 is 38.1 Å². The van der Waals surface area contributed by atoms with E-state index in [4.69, 9.17) is 23.9 Å². The van der Waals surface area contributed by atoms with Crippen molar-refractivity contribution in [2.75, 3.05) is 91.7 Å². The van der Waals surface area contributed by atoms with Gasteiger partial charge in [0, 0.05) is 107 Å². The SMILES string of the molecule is CCn1c(-c2cc(N3CCN(C4CC4)CC3)cnc2[C@H](C)OC)c2c3cc(ccc31)-c1cc3cc(c1)OC[C@H](C1CCN(C(=O)[C@@H]4[C@H](C)N4C)CC1)OC[C@@H](C(C)C)C(=O)N[C@@H](C3)C(=O)N(C)CCC[C@H](C)C(=O)OCC(C)(C)C2. The quantitative estimate of drug-likeness (QED) is 0.127. The highest BCUT2D eigenvalue weighted by Crippen LogP contribution is 2.44. The molecule has 2 aromatic carbocycles. The van der Waals surface area contributed by atoms with Gasteiger partial charge in [-0.1, -0.05) is 46.8 Å². The fourth-order valence-electron chi connectivity index (χ4n) is 13.1. The molecule has 6 bridgehead atoms. The predicted molar refractivity (Wildman–Crippen MR) is 313 cm³/mol. The Hall–Kier alpha value is -5.55. The third-order valence-electron chi connectivity index (χ3n) is 18.8. The van der Waals surface area contributed by atoms with E-state index in [-0.39, 0.29) is 92.0 Å². The van der Waals surface area contributed by atoms with E-state index in [2.05, 4.69) is 95.6 Å². The molecule has 8 atom stereocenters. The van der Waals surface area contributed by atoms with Gasteiger partial charge in [-0.25, -0.2) is 0 Å². The van der Waals surface area contributed by atoms with Crippen molar-refractivity contribution in [2.24, 2.45) is 29.1 Å². The molecular formula is C64H90N8O8. The van der Waals surface area contributed by atoms with Crippen LogP contribution < -0.4 is 15.0 Å². The van der Waals surface area contributed by atoms with Gasteiger partial charge in [0.1, 0.15) is 24.4 Å². The molecule has 1 unspecified atom stereocenters. The Kier molecular flexibility index (Phi) is 17.4. The lowest BCUT2D eigenvalue weighted by atomic mass is 9.84. The Morgan fingerprint density at radius 2 is 1.61 bits per heavy atom. The molecule has 16 heteroatoms. The van der Waals surface area contributed by atoms with Crippen LogP contribution in [0.1, 0.15) is 117 Å². The molecule has 6 aliphatic rings. The van der Waals surface area contributed by atoms with Gasteiger partial charge >= 0.3 is 5.97 Å². The summed E-state index contributed by atoms with van der Waals surface area (Å²) in [6.45, 7) is 23.6. The first-order valence-electron chi connectivity index (χ1n) is 30.1. The zero-order valence-electron chi connectivity index (χ0n) is 49.7. The Morgan fingerprint density at radius 3 is 2.29 bits per heavy atom. The summed E-state index contributed by atoms with van der Waals surface area (Å²) < 4.78 is 28.5. The summed E-state index contributed by atoms with van der Waals surface area (Å²) in [4.78, 5) is 72.9. The number of piperazine rings is 1. The number of nitrogens with zero attached hydrogens (tertiary/aromatic N) is 7. The number of carbonyl (C=O) groups is 4. The molecule has 3 amide bonds. The summed E-state index contributed by atoms with van der Waals surface area (Å²) in [7, 11) is 5.52. The molecule has 0 spiro atoms. The monoisotopic (exact) mass is 1100 g/mol. The number of nitrogens with one attached hydrogen (secondary N) is 1. The summed E-state index contributed by atoms with van der Waals surface area (Å²) in [5, 5.41) is 4.32. The zero-order chi connectivity index (χ0) is 56.7.